The maximum absolute atomic E-state index is 11.8. The number of carbonyl (C=O) groups excluding carboxylic acids is 1. The average Bonchev–Trinajstić information content (AvgIpc) is 2.63. The van der Waals surface area contributed by atoms with Crippen LogP contribution in [0.15, 0.2) is 22.6 Å². The quantitative estimate of drug-likeness (QED) is 0.922. The summed E-state index contributed by atoms with van der Waals surface area (Å²) < 4.78 is 5.47. The predicted molar refractivity (Wildman–Crippen MR) is 74.7 cm³/mol. The molecule has 2 aromatic rings. The maximum atomic E-state index is 11.8. The zero-order chi connectivity index (χ0) is 14.0. The van der Waals surface area contributed by atoms with Crippen molar-refractivity contribution in [3.63, 3.8) is 0 Å². The Morgan fingerprint density at radius 3 is 2.79 bits per heavy atom. The second kappa shape index (κ2) is 5.03. The van der Waals surface area contributed by atoms with Crippen LogP contribution in [0.1, 0.15) is 38.6 Å². The van der Waals surface area contributed by atoms with Gasteiger partial charge in [-0.25, -0.2) is 4.98 Å². The molecule has 0 spiro atoms. The highest BCUT2D eigenvalue weighted by Gasteiger charge is 2.15. The third-order valence-corrected chi connectivity index (χ3v) is 2.74. The van der Waals surface area contributed by atoms with E-state index in [1.807, 2.05) is 25.1 Å². The van der Waals surface area contributed by atoms with Gasteiger partial charge in [0, 0.05) is 19.9 Å². The molecule has 0 saturated carbocycles. The van der Waals surface area contributed by atoms with E-state index in [9.17, 15) is 4.79 Å². The molecule has 19 heavy (non-hydrogen) atoms. The van der Waals surface area contributed by atoms with Gasteiger partial charge in [-0.2, -0.15) is 0 Å². The van der Waals surface area contributed by atoms with Gasteiger partial charge in [0.25, 0.3) is 0 Å². The number of oxazole rings is 1. The molecule has 1 amide bonds. The molecule has 4 heteroatoms. The third-order valence-electron chi connectivity index (χ3n) is 2.74. The monoisotopic (exact) mass is 260 g/mol. The van der Waals surface area contributed by atoms with Crippen molar-refractivity contribution in [1.29, 1.82) is 0 Å². The number of carbonyl (C=O) groups is 1. The van der Waals surface area contributed by atoms with Gasteiger partial charge in [-0.1, -0.05) is 26.8 Å². The molecule has 0 aliphatic carbocycles. The van der Waals surface area contributed by atoms with Crippen LogP contribution in [-0.2, 0) is 11.3 Å². The molecule has 0 aliphatic rings. The summed E-state index contributed by atoms with van der Waals surface area (Å²) in [6.07, 6.45) is 0.524. The van der Waals surface area contributed by atoms with Crippen molar-refractivity contribution in [1.82, 2.24) is 10.3 Å². The molecule has 1 aromatic heterocycles. The van der Waals surface area contributed by atoms with Crippen LogP contribution >= 0.6 is 0 Å². The number of nitrogens with one attached hydrogen (secondary N) is 1. The average molecular weight is 260 g/mol. The topological polar surface area (TPSA) is 55.1 Å². The van der Waals surface area contributed by atoms with Crippen LogP contribution in [0.5, 0.6) is 0 Å². The Hall–Kier alpha value is -1.84. The first-order chi connectivity index (χ1) is 8.83. The Balaban J connectivity index is 1.99. The van der Waals surface area contributed by atoms with E-state index in [-0.39, 0.29) is 11.3 Å². The van der Waals surface area contributed by atoms with E-state index in [0.717, 1.165) is 16.7 Å². The fraction of sp³-hybridized carbons (Fsp3) is 0.467. The molecule has 0 radical (unpaired) electrons. The second-order valence-corrected chi connectivity index (χ2v) is 6.05. The fourth-order valence-electron chi connectivity index (χ4n) is 1.94. The van der Waals surface area contributed by atoms with Crippen molar-refractivity contribution < 1.29 is 9.21 Å². The molecular weight excluding hydrogens is 240 g/mol. The van der Waals surface area contributed by atoms with Crippen LogP contribution in [-0.4, -0.2) is 10.9 Å². The first-order valence-corrected chi connectivity index (χ1v) is 6.46. The summed E-state index contributed by atoms with van der Waals surface area (Å²) in [4.78, 5) is 16.0. The summed E-state index contributed by atoms with van der Waals surface area (Å²) in [7, 11) is 0. The summed E-state index contributed by atoms with van der Waals surface area (Å²) in [6, 6.07) is 5.80. The van der Waals surface area contributed by atoms with Gasteiger partial charge in [-0.15, -0.1) is 0 Å². The van der Waals surface area contributed by atoms with E-state index in [4.69, 9.17) is 4.42 Å². The summed E-state index contributed by atoms with van der Waals surface area (Å²) >= 11 is 0. The van der Waals surface area contributed by atoms with Crippen LogP contribution in [0.25, 0.3) is 11.1 Å². The standard InChI is InChI=1S/C15H20N2O2/c1-10-17-12-6-5-11(7-13(12)19-10)9-16-14(18)8-15(2,3)4/h5-7H,8-9H2,1-4H3,(H,16,18). The van der Waals surface area contributed by atoms with E-state index in [0.29, 0.717) is 18.9 Å². The summed E-state index contributed by atoms with van der Waals surface area (Å²) in [5, 5.41) is 2.93. The van der Waals surface area contributed by atoms with Crippen LogP contribution < -0.4 is 5.32 Å². The van der Waals surface area contributed by atoms with Crippen LogP contribution in [0.4, 0.5) is 0 Å². The van der Waals surface area contributed by atoms with Gasteiger partial charge >= 0.3 is 0 Å². The first-order valence-electron chi connectivity index (χ1n) is 6.46. The van der Waals surface area contributed by atoms with Crippen molar-refractivity contribution in [3.8, 4) is 0 Å². The number of aryl methyl sites for hydroxylation is 1. The molecular formula is C15H20N2O2. The van der Waals surface area contributed by atoms with Crippen LogP contribution in [0, 0.1) is 12.3 Å². The minimum atomic E-state index is 0.0100. The van der Waals surface area contributed by atoms with Crippen molar-refractivity contribution >= 4 is 17.0 Å². The Labute approximate surface area is 113 Å². The number of fused-ring (bicyclic) bond motifs is 1. The summed E-state index contributed by atoms with van der Waals surface area (Å²) in [5.74, 6) is 0.727. The number of hydrogen-bond donors (Lipinski definition) is 1. The first kappa shape index (κ1) is 13.6. The maximum Gasteiger partial charge on any atom is 0.220 e. The van der Waals surface area contributed by atoms with Gasteiger partial charge in [-0.05, 0) is 23.1 Å². The molecule has 0 saturated heterocycles. The molecule has 4 nitrogen and oxygen atoms in total. The van der Waals surface area contributed by atoms with Crippen molar-refractivity contribution in [3.05, 3.63) is 29.7 Å². The number of benzene rings is 1. The Morgan fingerprint density at radius 1 is 1.37 bits per heavy atom. The molecule has 0 aliphatic heterocycles. The molecule has 102 valence electrons. The van der Waals surface area contributed by atoms with Gasteiger partial charge in [0.2, 0.25) is 5.91 Å². The van der Waals surface area contributed by atoms with E-state index < -0.39 is 0 Å². The number of rotatable bonds is 3. The highest BCUT2D eigenvalue weighted by molar-refractivity contribution is 5.77. The predicted octanol–water partition coefficient (Wildman–Crippen LogP) is 3.19. The van der Waals surface area contributed by atoms with Gasteiger partial charge in [0.1, 0.15) is 5.52 Å². The zero-order valence-corrected chi connectivity index (χ0v) is 11.9. The number of hydrogen-bond acceptors (Lipinski definition) is 3. The van der Waals surface area contributed by atoms with Crippen LogP contribution in [0.2, 0.25) is 0 Å². The van der Waals surface area contributed by atoms with E-state index in [2.05, 4.69) is 31.1 Å². The minimum absolute atomic E-state index is 0.0100. The lowest BCUT2D eigenvalue weighted by Crippen LogP contribution is -2.27. The second-order valence-electron chi connectivity index (χ2n) is 6.05. The molecule has 0 bridgehead atoms. The van der Waals surface area contributed by atoms with Gasteiger partial charge in [-0.3, -0.25) is 4.79 Å². The highest BCUT2D eigenvalue weighted by Crippen LogP contribution is 2.19. The smallest absolute Gasteiger partial charge is 0.220 e. The van der Waals surface area contributed by atoms with Crippen molar-refractivity contribution in [2.24, 2.45) is 5.41 Å². The van der Waals surface area contributed by atoms with E-state index in [1.54, 1.807) is 0 Å². The van der Waals surface area contributed by atoms with Gasteiger partial charge in [0.15, 0.2) is 11.5 Å². The van der Waals surface area contributed by atoms with Crippen molar-refractivity contribution in [2.75, 3.05) is 0 Å². The lowest BCUT2D eigenvalue weighted by atomic mass is 9.92. The van der Waals surface area contributed by atoms with Crippen molar-refractivity contribution in [2.45, 2.75) is 40.7 Å². The molecule has 0 unspecified atom stereocenters. The summed E-state index contributed by atoms with van der Waals surface area (Å²) in [5.41, 5.74) is 2.64. The molecule has 1 N–H and O–H groups in total. The third kappa shape index (κ3) is 3.81. The molecule has 0 fully saturated rings. The molecule has 1 heterocycles. The van der Waals surface area contributed by atoms with Crippen LogP contribution in [0.3, 0.4) is 0 Å². The van der Waals surface area contributed by atoms with E-state index >= 15 is 0 Å². The lowest BCUT2D eigenvalue weighted by molar-refractivity contribution is -0.122. The minimum Gasteiger partial charge on any atom is -0.441 e. The number of nitrogens with zero attached hydrogens (tertiary/aromatic N) is 1. The Morgan fingerprint density at radius 2 is 2.11 bits per heavy atom. The fourth-order valence-corrected chi connectivity index (χ4v) is 1.94. The number of aromatic nitrogens is 1. The largest absolute Gasteiger partial charge is 0.441 e. The van der Waals surface area contributed by atoms with Gasteiger partial charge < -0.3 is 9.73 Å². The molecule has 0 atom stereocenters. The Bertz CT molecular complexity index is 594. The SMILES string of the molecule is Cc1nc2ccc(CNC(=O)CC(C)(C)C)cc2o1. The summed E-state index contributed by atoms with van der Waals surface area (Å²) in [6.45, 7) is 8.50. The highest BCUT2D eigenvalue weighted by atomic mass is 16.3. The van der Waals surface area contributed by atoms with E-state index in [1.165, 1.54) is 0 Å². The number of amides is 1. The molecule has 2 rings (SSSR count). The zero-order valence-electron chi connectivity index (χ0n) is 11.9. The Kier molecular flexibility index (Phi) is 3.60. The normalized spacial score (nSPS) is 11.8. The lowest BCUT2D eigenvalue weighted by Gasteiger charge is -2.17. The van der Waals surface area contributed by atoms with Gasteiger partial charge in [0.05, 0.1) is 0 Å². The molecule has 1 aromatic carbocycles.